The summed E-state index contributed by atoms with van der Waals surface area (Å²) in [5, 5.41) is 3.25. The molecule has 25 heavy (non-hydrogen) atoms. The number of anilines is 1. The molecule has 0 heterocycles. The van der Waals surface area contributed by atoms with Crippen molar-refractivity contribution in [3.8, 4) is 5.75 Å². The number of ether oxygens (including phenoxy) is 1. The Morgan fingerprint density at radius 1 is 1.20 bits per heavy atom. The summed E-state index contributed by atoms with van der Waals surface area (Å²) in [6.45, 7) is 1.50. The first kappa shape index (κ1) is 19.2. The maximum Gasteiger partial charge on any atom is 0.243 e. The van der Waals surface area contributed by atoms with E-state index in [1.54, 1.807) is 37.3 Å². The molecular formula is C17H19ClN2O4S. The number of hydrogen-bond donors (Lipinski definition) is 1. The molecule has 0 aromatic heterocycles. The second-order valence-corrected chi connectivity index (χ2v) is 7.93. The van der Waals surface area contributed by atoms with E-state index in [-0.39, 0.29) is 11.4 Å². The van der Waals surface area contributed by atoms with Gasteiger partial charge in [0.15, 0.2) is 0 Å². The Hall–Kier alpha value is -2.09. The number of likely N-dealkylation sites (N-methyl/N-ethyl adjacent to an activating group) is 1. The van der Waals surface area contributed by atoms with Gasteiger partial charge in [-0.25, -0.2) is 8.42 Å². The van der Waals surface area contributed by atoms with E-state index < -0.39 is 15.9 Å². The highest BCUT2D eigenvalue weighted by Gasteiger charge is 2.23. The highest BCUT2D eigenvalue weighted by Crippen LogP contribution is 2.21. The van der Waals surface area contributed by atoms with Crippen LogP contribution >= 0.6 is 11.6 Å². The zero-order valence-electron chi connectivity index (χ0n) is 14.1. The first-order valence-electron chi connectivity index (χ1n) is 7.40. The monoisotopic (exact) mass is 382 g/mol. The summed E-state index contributed by atoms with van der Waals surface area (Å²) in [4.78, 5) is 12.3. The lowest BCUT2D eigenvalue weighted by Gasteiger charge is -2.17. The minimum Gasteiger partial charge on any atom is -0.497 e. The van der Waals surface area contributed by atoms with Crippen LogP contribution in [0.25, 0.3) is 0 Å². The lowest BCUT2D eigenvalue weighted by atomic mass is 10.2. The Labute approximate surface area is 152 Å². The first-order valence-corrected chi connectivity index (χ1v) is 9.22. The third-order valence-corrected chi connectivity index (χ3v) is 5.65. The highest BCUT2D eigenvalue weighted by molar-refractivity contribution is 7.89. The summed E-state index contributed by atoms with van der Waals surface area (Å²) in [5.74, 6) is 0.113. The molecule has 0 fully saturated rings. The van der Waals surface area contributed by atoms with Gasteiger partial charge in [0.2, 0.25) is 15.9 Å². The van der Waals surface area contributed by atoms with Gasteiger partial charge < -0.3 is 10.1 Å². The molecule has 1 amide bonds. The molecule has 0 unspecified atom stereocenters. The summed E-state index contributed by atoms with van der Waals surface area (Å²) >= 11 is 5.88. The number of halogens is 1. The van der Waals surface area contributed by atoms with Crippen molar-refractivity contribution in [1.29, 1.82) is 0 Å². The second kappa shape index (κ2) is 7.86. The van der Waals surface area contributed by atoms with Crippen molar-refractivity contribution in [3.63, 3.8) is 0 Å². The number of hydrogen-bond acceptors (Lipinski definition) is 4. The van der Waals surface area contributed by atoms with Crippen LogP contribution in [0.3, 0.4) is 0 Å². The van der Waals surface area contributed by atoms with Crippen LogP contribution in [-0.2, 0) is 14.8 Å². The summed E-state index contributed by atoms with van der Waals surface area (Å²) in [6, 6.07) is 11.0. The van der Waals surface area contributed by atoms with Crippen molar-refractivity contribution in [2.75, 3.05) is 26.0 Å². The van der Waals surface area contributed by atoms with E-state index in [0.717, 1.165) is 9.87 Å². The van der Waals surface area contributed by atoms with Gasteiger partial charge in [0.1, 0.15) is 5.75 Å². The predicted octanol–water partition coefficient (Wildman–Crippen LogP) is 2.92. The first-order chi connectivity index (χ1) is 11.7. The van der Waals surface area contributed by atoms with E-state index in [4.69, 9.17) is 16.3 Å². The summed E-state index contributed by atoms with van der Waals surface area (Å²) < 4.78 is 31.0. The van der Waals surface area contributed by atoms with E-state index in [2.05, 4.69) is 5.32 Å². The number of carbonyl (C=O) groups excluding carboxylic acids is 1. The normalized spacial score (nSPS) is 11.4. The number of benzene rings is 2. The molecule has 2 aromatic carbocycles. The second-order valence-electron chi connectivity index (χ2n) is 5.44. The van der Waals surface area contributed by atoms with Crippen molar-refractivity contribution in [2.45, 2.75) is 11.8 Å². The number of carbonyl (C=O) groups is 1. The largest absolute Gasteiger partial charge is 0.497 e. The van der Waals surface area contributed by atoms with Gasteiger partial charge in [0.05, 0.1) is 18.6 Å². The van der Waals surface area contributed by atoms with Crippen LogP contribution in [0.5, 0.6) is 5.75 Å². The fraction of sp³-hybridized carbons (Fsp3) is 0.235. The van der Waals surface area contributed by atoms with E-state index in [1.165, 1.54) is 26.3 Å². The molecule has 2 rings (SSSR count). The lowest BCUT2D eigenvalue weighted by Crippen LogP contribution is -2.35. The number of amides is 1. The van der Waals surface area contributed by atoms with Crippen LogP contribution in [-0.4, -0.2) is 39.3 Å². The quantitative estimate of drug-likeness (QED) is 0.833. The zero-order chi connectivity index (χ0) is 18.6. The van der Waals surface area contributed by atoms with Crippen LogP contribution in [0.2, 0.25) is 5.02 Å². The van der Waals surface area contributed by atoms with Crippen LogP contribution in [0, 0.1) is 6.92 Å². The van der Waals surface area contributed by atoms with Crippen LogP contribution in [0.15, 0.2) is 47.4 Å². The fourth-order valence-electron chi connectivity index (χ4n) is 2.17. The van der Waals surface area contributed by atoms with Gasteiger partial charge >= 0.3 is 0 Å². The summed E-state index contributed by atoms with van der Waals surface area (Å²) in [5.41, 5.74) is 1.38. The van der Waals surface area contributed by atoms with E-state index >= 15 is 0 Å². The zero-order valence-corrected chi connectivity index (χ0v) is 15.7. The third-order valence-electron chi connectivity index (χ3n) is 3.60. The Morgan fingerprint density at radius 2 is 1.84 bits per heavy atom. The Bertz CT molecular complexity index is 867. The van der Waals surface area contributed by atoms with Crippen molar-refractivity contribution in [1.82, 2.24) is 4.31 Å². The number of nitrogens with one attached hydrogen (secondary N) is 1. The van der Waals surface area contributed by atoms with Gasteiger partial charge in [-0.05, 0) is 55.0 Å². The Morgan fingerprint density at radius 3 is 2.40 bits per heavy atom. The van der Waals surface area contributed by atoms with E-state index in [9.17, 15) is 13.2 Å². The van der Waals surface area contributed by atoms with Crippen LogP contribution in [0.1, 0.15) is 5.56 Å². The molecule has 134 valence electrons. The smallest absolute Gasteiger partial charge is 0.243 e. The Balaban J connectivity index is 2.08. The molecule has 1 N–H and O–H groups in total. The molecule has 0 saturated heterocycles. The van der Waals surface area contributed by atoms with Gasteiger partial charge in [0.25, 0.3) is 0 Å². The molecule has 8 heteroatoms. The molecule has 0 aliphatic carbocycles. The van der Waals surface area contributed by atoms with Crippen molar-refractivity contribution < 1.29 is 17.9 Å². The van der Waals surface area contributed by atoms with Gasteiger partial charge in [-0.3, -0.25) is 4.79 Å². The predicted molar refractivity (Wildman–Crippen MR) is 97.6 cm³/mol. The maximum atomic E-state index is 12.5. The number of nitrogens with zero attached hydrogens (tertiary/aromatic N) is 1. The fourth-order valence-corrected chi connectivity index (χ4v) is 3.53. The van der Waals surface area contributed by atoms with Crippen LogP contribution < -0.4 is 10.1 Å². The average Bonchev–Trinajstić information content (AvgIpc) is 2.57. The molecule has 0 saturated carbocycles. The van der Waals surface area contributed by atoms with Gasteiger partial charge in [-0.1, -0.05) is 11.6 Å². The standard InChI is InChI=1S/C17H19ClN2O4S/c1-12-10-13(18)4-9-16(12)19-17(21)11-20(2)25(22,23)15-7-5-14(24-3)6-8-15/h4-10H,11H2,1-3H3,(H,19,21). The molecule has 0 radical (unpaired) electrons. The highest BCUT2D eigenvalue weighted by atomic mass is 35.5. The molecule has 0 aliphatic rings. The molecule has 0 aliphatic heterocycles. The maximum absolute atomic E-state index is 12.5. The van der Waals surface area contributed by atoms with Crippen molar-refractivity contribution >= 4 is 33.2 Å². The third kappa shape index (κ3) is 4.72. The minimum absolute atomic E-state index is 0.0891. The molecular weight excluding hydrogens is 364 g/mol. The summed E-state index contributed by atoms with van der Waals surface area (Å²) in [6.07, 6.45) is 0. The molecule has 0 spiro atoms. The van der Waals surface area contributed by atoms with Gasteiger partial charge in [0, 0.05) is 17.8 Å². The number of methoxy groups -OCH3 is 1. The average molecular weight is 383 g/mol. The minimum atomic E-state index is -3.77. The number of sulfonamides is 1. The Kier molecular flexibility index (Phi) is 6.05. The summed E-state index contributed by atoms with van der Waals surface area (Å²) in [7, 11) is -0.919. The van der Waals surface area contributed by atoms with Crippen molar-refractivity contribution in [3.05, 3.63) is 53.1 Å². The SMILES string of the molecule is COc1ccc(S(=O)(=O)N(C)CC(=O)Nc2ccc(Cl)cc2C)cc1. The van der Waals surface area contributed by atoms with Crippen molar-refractivity contribution in [2.24, 2.45) is 0 Å². The number of rotatable bonds is 6. The molecule has 6 nitrogen and oxygen atoms in total. The van der Waals surface area contributed by atoms with Crippen LogP contribution in [0.4, 0.5) is 5.69 Å². The van der Waals surface area contributed by atoms with Gasteiger partial charge in [-0.2, -0.15) is 4.31 Å². The molecule has 2 aromatic rings. The lowest BCUT2D eigenvalue weighted by molar-refractivity contribution is -0.116. The van der Waals surface area contributed by atoms with E-state index in [0.29, 0.717) is 16.5 Å². The molecule has 0 bridgehead atoms. The van der Waals surface area contributed by atoms with Gasteiger partial charge in [-0.15, -0.1) is 0 Å². The van der Waals surface area contributed by atoms with E-state index in [1.807, 2.05) is 0 Å². The number of aryl methyl sites for hydroxylation is 1. The topological polar surface area (TPSA) is 75.7 Å². The molecule has 0 atom stereocenters.